The van der Waals surface area contributed by atoms with Gasteiger partial charge in [0.1, 0.15) is 0 Å². The van der Waals surface area contributed by atoms with Gasteiger partial charge in [0.25, 0.3) is 5.91 Å². The first-order valence-corrected chi connectivity index (χ1v) is 10.5. The monoisotopic (exact) mass is 362 g/mol. The highest BCUT2D eigenvalue weighted by Gasteiger charge is 2.28. The number of likely N-dealkylation sites (tertiary alicyclic amines) is 1. The van der Waals surface area contributed by atoms with E-state index in [0.29, 0.717) is 5.92 Å². The van der Waals surface area contributed by atoms with Gasteiger partial charge < -0.3 is 10.2 Å². The summed E-state index contributed by atoms with van der Waals surface area (Å²) in [5.41, 5.74) is 1.22. The third kappa shape index (κ3) is 4.63. The van der Waals surface area contributed by atoms with E-state index in [1.165, 1.54) is 23.3 Å². The summed E-state index contributed by atoms with van der Waals surface area (Å²) in [4.78, 5) is 29.4. The van der Waals surface area contributed by atoms with Crippen molar-refractivity contribution in [3.8, 4) is 0 Å². The topological polar surface area (TPSA) is 49.4 Å². The Morgan fingerprint density at radius 3 is 2.64 bits per heavy atom. The molecule has 4 nitrogen and oxygen atoms in total. The third-order valence-corrected chi connectivity index (χ3v) is 6.47. The van der Waals surface area contributed by atoms with E-state index < -0.39 is 0 Å². The van der Waals surface area contributed by atoms with E-state index in [9.17, 15) is 9.59 Å². The normalized spacial score (nSPS) is 20.9. The maximum absolute atomic E-state index is 12.8. The Balaban J connectivity index is 1.64. The molecule has 1 aliphatic carbocycles. The van der Waals surface area contributed by atoms with Crippen LogP contribution in [0.5, 0.6) is 0 Å². The van der Waals surface area contributed by atoms with Crippen LogP contribution >= 0.6 is 11.3 Å². The minimum atomic E-state index is 0.0574. The van der Waals surface area contributed by atoms with Crippen LogP contribution in [0.2, 0.25) is 0 Å². The van der Waals surface area contributed by atoms with Crippen LogP contribution in [0.4, 0.5) is 0 Å². The number of carbonyl (C=O) groups is 2. The van der Waals surface area contributed by atoms with Crippen molar-refractivity contribution < 1.29 is 9.59 Å². The average molecular weight is 363 g/mol. The van der Waals surface area contributed by atoms with E-state index in [1.807, 2.05) is 4.90 Å². The second kappa shape index (κ2) is 8.35. The first kappa shape index (κ1) is 18.4. The molecule has 2 amide bonds. The lowest BCUT2D eigenvalue weighted by atomic mass is 9.87. The second-order valence-electron chi connectivity index (χ2n) is 7.84. The Bertz CT molecular complexity index is 615. The lowest BCUT2D eigenvalue weighted by molar-refractivity contribution is -0.125. The van der Waals surface area contributed by atoms with Gasteiger partial charge >= 0.3 is 0 Å². The maximum Gasteiger partial charge on any atom is 0.263 e. The van der Waals surface area contributed by atoms with E-state index in [4.69, 9.17) is 0 Å². The number of hydrogen-bond donors (Lipinski definition) is 1. The SMILES string of the molecule is CC(C)CNC(=O)[C@H]1CCc2sc(C(=O)N3CCCCCC3)cc2C1. The van der Waals surface area contributed by atoms with Gasteiger partial charge in [0.05, 0.1) is 4.88 Å². The fraction of sp³-hybridized carbons (Fsp3) is 0.700. The summed E-state index contributed by atoms with van der Waals surface area (Å²) in [6.07, 6.45) is 7.31. The molecule has 1 aliphatic heterocycles. The maximum atomic E-state index is 12.8. The zero-order valence-corrected chi connectivity index (χ0v) is 16.3. The molecule has 2 heterocycles. The van der Waals surface area contributed by atoms with Crippen molar-refractivity contribution in [1.82, 2.24) is 10.2 Å². The van der Waals surface area contributed by atoms with Gasteiger partial charge in [0.2, 0.25) is 5.91 Å². The molecule has 1 aromatic rings. The van der Waals surface area contributed by atoms with Gasteiger partial charge in [0.15, 0.2) is 0 Å². The minimum Gasteiger partial charge on any atom is -0.356 e. The van der Waals surface area contributed by atoms with E-state index in [-0.39, 0.29) is 17.7 Å². The van der Waals surface area contributed by atoms with Gasteiger partial charge in [-0.25, -0.2) is 0 Å². The number of rotatable bonds is 4. The van der Waals surface area contributed by atoms with E-state index in [2.05, 4.69) is 25.2 Å². The molecule has 3 rings (SSSR count). The number of hydrogen-bond acceptors (Lipinski definition) is 3. The summed E-state index contributed by atoms with van der Waals surface area (Å²) in [6, 6.07) is 2.06. The van der Waals surface area contributed by atoms with Crippen LogP contribution in [0, 0.1) is 11.8 Å². The van der Waals surface area contributed by atoms with Crippen LogP contribution in [0.1, 0.15) is 66.1 Å². The molecule has 1 atom stereocenters. The highest BCUT2D eigenvalue weighted by Crippen LogP contribution is 2.33. The van der Waals surface area contributed by atoms with Gasteiger partial charge in [0, 0.05) is 30.4 Å². The number of fused-ring (bicyclic) bond motifs is 1. The van der Waals surface area contributed by atoms with Crippen LogP contribution in [0.15, 0.2) is 6.07 Å². The summed E-state index contributed by atoms with van der Waals surface area (Å²) in [7, 11) is 0. The van der Waals surface area contributed by atoms with Gasteiger partial charge in [-0.1, -0.05) is 26.7 Å². The molecule has 1 N–H and O–H groups in total. The molecule has 0 unspecified atom stereocenters. The van der Waals surface area contributed by atoms with Crippen molar-refractivity contribution in [2.75, 3.05) is 19.6 Å². The van der Waals surface area contributed by atoms with Crippen LogP contribution in [-0.4, -0.2) is 36.3 Å². The molecule has 0 bridgehead atoms. The van der Waals surface area contributed by atoms with Crippen molar-refractivity contribution >= 4 is 23.2 Å². The number of thiophene rings is 1. The Labute approximate surface area is 155 Å². The predicted molar refractivity (Wildman–Crippen MR) is 102 cm³/mol. The van der Waals surface area contributed by atoms with Gasteiger partial charge in [-0.2, -0.15) is 0 Å². The standard InChI is InChI=1S/C20H30N2O2S/c1-14(2)13-21-19(23)15-7-8-17-16(11-15)12-18(25-17)20(24)22-9-5-3-4-6-10-22/h12,14-15H,3-11,13H2,1-2H3,(H,21,23)/t15-/m0/s1. The van der Waals surface area contributed by atoms with E-state index in [1.54, 1.807) is 11.3 Å². The van der Waals surface area contributed by atoms with Crippen LogP contribution in [-0.2, 0) is 17.6 Å². The van der Waals surface area contributed by atoms with Gasteiger partial charge in [-0.15, -0.1) is 11.3 Å². The number of carbonyl (C=O) groups excluding carboxylic acids is 2. The number of aryl methyl sites for hydroxylation is 1. The first-order chi connectivity index (χ1) is 12.0. The average Bonchev–Trinajstić information content (AvgIpc) is 2.83. The van der Waals surface area contributed by atoms with E-state index in [0.717, 1.165) is 56.6 Å². The molecule has 1 saturated heterocycles. The third-order valence-electron chi connectivity index (χ3n) is 5.24. The molecule has 0 spiro atoms. The Morgan fingerprint density at radius 2 is 1.96 bits per heavy atom. The Kier molecular flexibility index (Phi) is 6.15. The quantitative estimate of drug-likeness (QED) is 0.889. The fourth-order valence-corrected chi connectivity index (χ4v) is 4.91. The van der Waals surface area contributed by atoms with Crippen LogP contribution in [0.3, 0.4) is 0 Å². The van der Waals surface area contributed by atoms with Crippen LogP contribution < -0.4 is 5.32 Å². The van der Waals surface area contributed by atoms with Crippen molar-refractivity contribution in [2.24, 2.45) is 11.8 Å². The predicted octanol–water partition coefficient (Wildman–Crippen LogP) is 3.64. The molecule has 0 saturated carbocycles. The number of amides is 2. The molecule has 138 valence electrons. The lowest BCUT2D eigenvalue weighted by Crippen LogP contribution is -2.35. The minimum absolute atomic E-state index is 0.0574. The molecular weight excluding hydrogens is 332 g/mol. The smallest absolute Gasteiger partial charge is 0.263 e. The first-order valence-electron chi connectivity index (χ1n) is 9.73. The summed E-state index contributed by atoms with van der Waals surface area (Å²) >= 11 is 1.65. The summed E-state index contributed by atoms with van der Waals surface area (Å²) in [6.45, 7) is 6.74. The van der Waals surface area contributed by atoms with Gasteiger partial charge in [-0.05, 0) is 49.7 Å². The largest absolute Gasteiger partial charge is 0.356 e. The van der Waals surface area contributed by atoms with Crippen molar-refractivity contribution in [3.05, 3.63) is 21.4 Å². The number of nitrogens with zero attached hydrogens (tertiary/aromatic N) is 1. The Morgan fingerprint density at radius 1 is 1.24 bits per heavy atom. The zero-order valence-electron chi connectivity index (χ0n) is 15.5. The molecule has 1 aromatic heterocycles. The van der Waals surface area contributed by atoms with Crippen molar-refractivity contribution in [2.45, 2.75) is 58.8 Å². The highest BCUT2D eigenvalue weighted by atomic mass is 32.1. The molecular formula is C20H30N2O2S. The van der Waals surface area contributed by atoms with Crippen LogP contribution in [0.25, 0.3) is 0 Å². The molecule has 0 radical (unpaired) electrons. The molecule has 5 heteroatoms. The van der Waals surface area contributed by atoms with Gasteiger partial charge in [-0.3, -0.25) is 9.59 Å². The zero-order chi connectivity index (χ0) is 17.8. The molecule has 2 aliphatic rings. The molecule has 25 heavy (non-hydrogen) atoms. The molecule has 1 fully saturated rings. The summed E-state index contributed by atoms with van der Waals surface area (Å²) in [5.74, 6) is 0.900. The fourth-order valence-electron chi connectivity index (χ4n) is 3.73. The Hall–Kier alpha value is -1.36. The van der Waals surface area contributed by atoms with Crippen molar-refractivity contribution in [1.29, 1.82) is 0 Å². The summed E-state index contributed by atoms with van der Waals surface area (Å²) in [5, 5.41) is 3.06. The number of nitrogens with one attached hydrogen (secondary N) is 1. The summed E-state index contributed by atoms with van der Waals surface area (Å²) < 4.78 is 0. The van der Waals surface area contributed by atoms with Crippen molar-refractivity contribution in [3.63, 3.8) is 0 Å². The second-order valence-corrected chi connectivity index (χ2v) is 8.98. The van der Waals surface area contributed by atoms with E-state index >= 15 is 0 Å². The lowest BCUT2D eigenvalue weighted by Gasteiger charge is -2.21. The highest BCUT2D eigenvalue weighted by molar-refractivity contribution is 7.14. The molecule has 0 aromatic carbocycles.